The molecule has 2 rings (SSSR count). The van der Waals surface area contributed by atoms with Gasteiger partial charge in [0.05, 0.1) is 7.05 Å². The summed E-state index contributed by atoms with van der Waals surface area (Å²) in [5, 5.41) is 0. The molecule has 0 aromatic rings. The lowest BCUT2D eigenvalue weighted by molar-refractivity contribution is -0.913. The molecule has 0 atom stereocenters. The number of nitrogens with one attached hydrogen (secondary N) is 1. The van der Waals surface area contributed by atoms with Crippen molar-refractivity contribution >= 4 is 6.21 Å². The molecule has 0 radical (unpaired) electrons. The highest BCUT2D eigenvalue weighted by Crippen LogP contribution is 2.25. The summed E-state index contributed by atoms with van der Waals surface area (Å²) in [7, 11) is 2.27. The van der Waals surface area contributed by atoms with E-state index >= 15 is 0 Å². The van der Waals surface area contributed by atoms with Crippen LogP contribution in [0.5, 0.6) is 0 Å². The van der Waals surface area contributed by atoms with Crippen LogP contribution in [0, 0.1) is 0 Å². The van der Waals surface area contributed by atoms with Gasteiger partial charge in [0.2, 0.25) is 0 Å². The Balaban J connectivity index is 1.86. The van der Waals surface area contributed by atoms with Gasteiger partial charge in [-0.1, -0.05) is 41.5 Å². The summed E-state index contributed by atoms with van der Waals surface area (Å²) in [6.07, 6.45) is 20.8. The molecule has 2 heteroatoms. The van der Waals surface area contributed by atoms with E-state index in [1.165, 1.54) is 63.0 Å². The van der Waals surface area contributed by atoms with Gasteiger partial charge in [-0.2, -0.15) is 0 Å². The normalized spacial score (nSPS) is 23.8. The van der Waals surface area contributed by atoms with Crippen molar-refractivity contribution in [3.63, 3.8) is 0 Å². The minimum Gasteiger partial charge on any atom is -0.327 e. The van der Waals surface area contributed by atoms with E-state index in [0.29, 0.717) is 0 Å². The van der Waals surface area contributed by atoms with Crippen molar-refractivity contribution in [2.75, 3.05) is 33.2 Å². The fourth-order valence-corrected chi connectivity index (χ4v) is 3.28. The van der Waals surface area contributed by atoms with Crippen LogP contribution in [0.25, 0.3) is 0 Å². The molecule has 0 saturated carbocycles. The number of likely N-dealkylation sites (N-methyl/N-ethyl adjacent to an activating group) is 1. The van der Waals surface area contributed by atoms with Crippen LogP contribution in [0.2, 0.25) is 0 Å². The number of allylic oxidation sites excluding steroid dienone is 10. The molecule has 2 aliphatic rings. The van der Waals surface area contributed by atoms with Gasteiger partial charge >= 0.3 is 0 Å². The molecule has 1 N–H and O–H groups in total. The molecule has 1 fully saturated rings. The monoisotopic (exact) mass is 340 g/mol. The second-order valence-electron chi connectivity index (χ2n) is 7.67. The van der Waals surface area contributed by atoms with Crippen LogP contribution in [-0.4, -0.2) is 44.0 Å². The Bertz CT molecular complexity index is 616. The number of rotatable bonds is 5. The van der Waals surface area contributed by atoms with Gasteiger partial charge in [-0.25, -0.2) is 4.58 Å². The molecule has 1 saturated heterocycles. The average molecular weight is 341 g/mol. The van der Waals surface area contributed by atoms with Gasteiger partial charge in [0.1, 0.15) is 13.1 Å². The minimum atomic E-state index is 1.17. The quantitative estimate of drug-likeness (QED) is 0.579. The first-order chi connectivity index (χ1) is 12.0. The largest absolute Gasteiger partial charge is 0.327 e. The molecule has 0 unspecified atom stereocenters. The fraction of sp³-hybridized carbons (Fsp3) is 0.522. The number of piperazine rings is 1. The van der Waals surface area contributed by atoms with E-state index in [4.69, 9.17) is 0 Å². The van der Waals surface area contributed by atoms with Crippen LogP contribution in [0.15, 0.2) is 58.7 Å². The first kappa shape index (κ1) is 19.7. The molecule has 1 aliphatic carbocycles. The third-order valence-corrected chi connectivity index (χ3v) is 5.26. The Morgan fingerprint density at radius 2 is 1.64 bits per heavy atom. The van der Waals surface area contributed by atoms with E-state index in [0.717, 1.165) is 0 Å². The van der Waals surface area contributed by atoms with Gasteiger partial charge in [-0.05, 0) is 57.6 Å². The third-order valence-electron chi connectivity index (χ3n) is 5.26. The van der Waals surface area contributed by atoms with Crippen molar-refractivity contribution in [1.29, 1.82) is 0 Å². The van der Waals surface area contributed by atoms with Gasteiger partial charge in [0, 0.05) is 6.08 Å². The van der Waals surface area contributed by atoms with Crippen molar-refractivity contribution in [3.05, 3.63) is 58.7 Å². The lowest BCUT2D eigenvalue weighted by Crippen LogP contribution is -3.11. The highest BCUT2D eigenvalue weighted by Gasteiger charge is 2.16. The topological polar surface area (TPSA) is 7.45 Å². The molecule has 2 nitrogen and oxygen atoms in total. The SMILES string of the molecule is CC1=C(/C=C/C(C)=C/C=C/C(C)=C/C=[N+]2CC[NH+](C)CC2)CCCC1. The smallest absolute Gasteiger partial charge is 0.191 e. The highest BCUT2D eigenvalue weighted by atomic mass is 15.2. The second-order valence-corrected chi connectivity index (χ2v) is 7.67. The summed E-state index contributed by atoms with van der Waals surface area (Å²) in [5.74, 6) is 0. The second kappa shape index (κ2) is 10.4. The zero-order chi connectivity index (χ0) is 18.1. The Hall–Kier alpha value is -1.67. The van der Waals surface area contributed by atoms with Crippen molar-refractivity contribution in [3.8, 4) is 0 Å². The number of quaternary nitrogens is 1. The molecule has 0 spiro atoms. The predicted molar refractivity (Wildman–Crippen MR) is 110 cm³/mol. The van der Waals surface area contributed by atoms with Crippen LogP contribution in [0.1, 0.15) is 46.5 Å². The van der Waals surface area contributed by atoms with Crippen molar-refractivity contribution in [2.45, 2.75) is 46.5 Å². The summed E-state index contributed by atoms with van der Waals surface area (Å²) in [5.41, 5.74) is 5.72. The summed E-state index contributed by atoms with van der Waals surface area (Å²) in [4.78, 5) is 1.64. The molecule has 136 valence electrons. The van der Waals surface area contributed by atoms with E-state index < -0.39 is 0 Å². The van der Waals surface area contributed by atoms with Gasteiger partial charge < -0.3 is 4.90 Å². The zero-order valence-corrected chi connectivity index (χ0v) is 16.6. The van der Waals surface area contributed by atoms with E-state index in [9.17, 15) is 0 Å². The summed E-state index contributed by atoms with van der Waals surface area (Å²) < 4.78 is 2.42. The Kier molecular flexibility index (Phi) is 8.14. The summed E-state index contributed by atoms with van der Waals surface area (Å²) in [6.45, 7) is 11.4. The standard InChI is InChI=1S/C23H35N2/c1-20(12-13-23-11-6-5-10-22(23)3)8-7-9-21(2)14-15-25-18-16-24(4)17-19-25/h7-9,12-15H,5-6,10-11,16-19H2,1-4H3/q+1/p+1/b9-7+,13-12+,20-8+,21-14+. The average Bonchev–Trinajstić information content (AvgIpc) is 2.60. The maximum Gasteiger partial charge on any atom is 0.191 e. The molecule has 1 aliphatic heterocycles. The van der Waals surface area contributed by atoms with E-state index in [1.807, 2.05) is 0 Å². The first-order valence-corrected chi connectivity index (χ1v) is 9.83. The summed E-state index contributed by atoms with van der Waals surface area (Å²) in [6, 6.07) is 0. The molecule has 0 aromatic heterocycles. The highest BCUT2D eigenvalue weighted by molar-refractivity contribution is 5.68. The van der Waals surface area contributed by atoms with E-state index in [1.54, 1.807) is 16.0 Å². The van der Waals surface area contributed by atoms with E-state index in [2.05, 4.69) is 75.1 Å². The van der Waals surface area contributed by atoms with Gasteiger partial charge in [0.15, 0.2) is 19.3 Å². The molecule has 1 heterocycles. The van der Waals surface area contributed by atoms with Crippen LogP contribution in [0.3, 0.4) is 0 Å². The Morgan fingerprint density at radius 1 is 0.960 bits per heavy atom. The molecule has 0 amide bonds. The lowest BCUT2D eigenvalue weighted by Gasteiger charge is -2.17. The summed E-state index contributed by atoms with van der Waals surface area (Å²) >= 11 is 0. The van der Waals surface area contributed by atoms with Gasteiger partial charge in [-0.3, -0.25) is 0 Å². The van der Waals surface area contributed by atoms with Gasteiger partial charge in [0.25, 0.3) is 0 Å². The van der Waals surface area contributed by atoms with Crippen molar-refractivity contribution in [2.24, 2.45) is 0 Å². The predicted octanol–water partition coefficient (Wildman–Crippen LogP) is 3.49. The number of nitrogens with zero attached hydrogens (tertiary/aromatic N) is 1. The Labute approximate surface area is 154 Å². The van der Waals surface area contributed by atoms with Crippen LogP contribution < -0.4 is 4.90 Å². The van der Waals surface area contributed by atoms with E-state index in [-0.39, 0.29) is 0 Å². The first-order valence-electron chi connectivity index (χ1n) is 9.83. The number of hydrogen-bond acceptors (Lipinski definition) is 0. The van der Waals surface area contributed by atoms with Gasteiger partial charge in [-0.15, -0.1) is 0 Å². The van der Waals surface area contributed by atoms with Crippen LogP contribution in [-0.2, 0) is 0 Å². The molecule has 0 bridgehead atoms. The molecular formula is C23H36N2+2. The fourth-order valence-electron chi connectivity index (χ4n) is 3.28. The lowest BCUT2D eigenvalue weighted by atomic mass is 9.92. The van der Waals surface area contributed by atoms with Crippen LogP contribution in [0.4, 0.5) is 0 Å². The molecule has 25 heavy (non-hydrogen) atoms. The molecular weight excluding hydrogens is 304 g/mol. The molecule has 0 aromatic carbocycles. The zero-order valence-electron chi connectivity index (χ0n) is 16.6. The van der Waals surface area contributed by atoms with Crippen LogP contribution >= 0.6 is 0 Å². The Morgan fingerprint density at radius 3 is 2.36 bits per heavy atom. The third kappa shape index (κ3) is 7.39. The number of hydrogen-bond donors (Lipinski definition) is 1. The minimum absolute atomic E-state index is 1.17. The van der Waals surface area contributed by atoms with Crippen molar-refractivity contribution < 1.29 is 9.48 Å². The maximum absolute atomic E-state index is 2.42. The maximum atomic E-state index is 2.42. The van der Waals surface area contributed by atoms with Crippen molar-refractivity contribution in [1.82, 2.24) is 0 Å².